The Morgan fingerprint density at radius 1 is 1.32 bits per heavy atom. The third kappa shape index (κ3) is 4.22. The summed E-state index contributed by atoms with van der Waals surface area (Å²) >= 11 is 0. The Balaban J connectivity index is 1.85. The summed E-state index contributed by atoms with van der Waals surface area (Å²) in [5, 5.41) is 9.77. The number of hydrogen-bond donors (Lipinski definition) is 1. The van der Waals surface area contributed by atoms with Gasteiger partial charge in [0.1, 0.15) is 6.61 Å². The molecule has 0 spiro atoms. The van der Waals surface area contributed by atoms with E-state index in [1.54, 1.807) is 4.90 Å². The number of nitrogens with zero attached hydrogens (tertiary/aromatic N) is 2. The van der Waals surface area contributed by atoms with Crippen LogP contribution in [0.3, 0.4) is 0 Å². The van der Waals surface area contributed by atoms with Crippen molar-refractivity contribution >= 4 is 6.09 Å². The molecule has 1 atom stereocenters. The average Bonchev–Trinajstić information content (AvgIpc) is 2.58. The Morgan fingerprint density at radius 3 is 2.79 bits per heavy atom. The molecule has 0 bridgehead atoms. The van der Waals surface area contributed by atoms with Gasteiger partial charge in [0, 0.05) is 19.6 Å². The van der Waals surface area contributed by atoms with Crippen molar-refractivity contribution in [2.45, 2.75) is 12.7 Å². The predicted octanol–water partition coefficient (Wildman–Crippen LogP) is 0.932. The zero-order valence-electron chi connectivity index (χ0n) is 11.2. The van der Waals surface area contributed by atoms with Crippen LogP contribution in [0.2, 0.25) is 0 Å². The number of aliphatic hydroxyl groups is 1. The molecule has 1 aliphatic heterocycles. The third-order valence-electron chi connectivity index (χ3n) is 3.17. The van der Waals surface area contributed by atoms with Gasteiger partial charge >= 0.3 is 6.09 Å². The lowest BCUT2D eigenvalue weighted by atomic mass is 10.2. The predicted molar refractivity (Wildman–Crippen MR) is 71.7 cm³/mol. The lowest BCUT2D eigenvalue weighted by molar-refractivity contribution is 0.0762. The van der Waals surface area contributed by atoms with Crippen molar-refractivity contribution in [1.29, 1.82) is 0 Å². The van der Waals surface area contributed by atoms with Crippen molar-refractivity contribution in [2.24, 2.45) is 0 Å². The highest BCUT2D eigenvalue weighted by molar-refractivity contribution is 5.67. The monoisotopic (exact) mass is 264 g/mol. The van der Waals surface area contributed by atoms with Crippen molar-refractivity contribution in [3.63, 3.8) is 0 Å². The summed E-state index contributed by atoms with van der Waals surface area (Å²) in [6.45, 7) is 2.52. The molecule has 1 unspecified atom stereocenters. The number of hydrogen-bond acceptors (Lipinski definition) is 4. The molecule has 1 N–H and O–H groups in total. The lowest BCUT2D eigenvalue weighted by Gasteiger charge is -2.21. The molecule has 1 aromatic carbocycles. The van der Waals surface area contributed by atoms with E-state index in [-0.39, 0.29) is 12.7 Å². The van der Waals surface area contributed by atoms with Gasteiger partial charge in [-0.25, -0.2) is 4.79 Å². The highest BCUT2D eigenvalue weighted by atomic mass is 16.6. The van der Waals surface area contributed by atoms with Gasteiger partial charge in [-0.1, -0.05) is 30.3 Å². The Bertz CT molecular complexity index is 410. The van der Waals surface area contributed by atoms with E-state index in [1.807, 2.05) is 42.3 Å². The Hall–Kier alpha value is -1.59. The number of β-amino-alcohol motifs (C(OH)–C–C–N with tert-alkyl or cyclic N) is 1. The van der Waals surface area contributed by atoms with Gasteiger partial charge in [-0.15, -0.1) is 0 Å². The lowest BCUT2D eigenvalue weighted by Crippen LogP contribution is -2.38. The van der Waals surface area contributed by atoms with E-state index in [9.17, 15) is 9.90 Å². The second kappa shape index (κ2) is 6.54. The van der Waals surface area contributed by atoms with E-state index < -0.39 is 6.10 Å². The Kier molecular flexibility index (Phi) is 4.76. The first-order valence-electron chi connectivity index (χ1n) is 6.47. The van der Waals surface area contributed by atoms with Crippen molar-refractivity contribution in [2.75, 3.05) is 33.2 Å². The maximum absolute atomic E-state index is 12.0. The van der Waals surface area contributed by atoms with E-state index in [4.69, 9.17) is 4.74 Å². The molecule has 0 aliphatic carbocycles. The quantitative estimate of drug-likeness (QED) is 0.863. The van der Waals surface area contributed by atoms with Crippen LogP contribution in [0.15, 0.2) is 30.3 Å². The SMILES string of the molecule is CN1CCN(C(=O)OCc2ccccc2)CC(O)C1. The second-order valence-corrected chi connectivity index (χ2v) is 4.90. The van der Waals surface area contributed by atoms with Crippen LogP contribution in [0.25, 0.3) is 0 Å². The number of aliphatic hydroxyl groups excluding tert-OH is 1. The smallest absolute Gasteiger partial charge is 0.410 e. The van der Waals surface area contributed by atoms with Crippen LogP contribution in [0.4, 0.5) is 4.79 Å². The molecule has 5 nitrogen and oxygen atoms in total. The summed E-state index contributed by atoms with van der Waals surface area (Å²) in [4.78, 5) is 15.5. The van der Waals surface area contributed by atoms with Gasteiger partial charge in [0.2, 0.25) is 0 Å². The van der Waals surface area contributed by atoms with E-state index in [0.717, 1.165) is 12.1 Å². The number of rotatable bonds is 2. The molecule has 1 fully saturated rings. The van der Waals surface area contributed by atoms with Gasteiger partial charge in [0.15, 0.2) is 0 Å². The van der Waals surface area contributed by atoms with Gasteiger partial charge in [0.05, 0.1) is 12.6 Å². The minimum atomic E-state index is -0.517. The molecule has 2 rings (SSSR count). The first-order chi connectivity index (χ1) is 9.15. The van der Waals surface area contributed by atoms with Crippen molar-refractivity contribution in [1.82, 2.24) is 9.80 Å². The molecule has 0 saturated carbocycles. The van der Waals surface area contributed by atoms with Gasteiger partial charge in [-0.05, 0) is 12.6 Å². The number of amides is 1. The van der Waals surface area contributed by atoms with Crippen LogP contribution in [0.1, 0.15) is 5.56 Å². The zero-order chi connectivity index (χ0) is 13.7. The molecule has 1 amide bonds. The molecular formula is C14H20N2O3. The molecule has 1 aliphatic rings. The highest BCUT2D eigenvalue weighted by Gasteiger charge is 2.23. The van der Waals surface area contributed by atoms with E-state index in [0.29, 0.717) is 19.6 Å². The first kappa shape index (κ1) is 13.8. The maximum Gasteiger partial charge on any atom is 0.410 e. The van der Waals surface area contributed by atoms with Crippen molar-refractivity contribution < 1.29 is 14.6 Å². The molecule has 19 heavy (non-hydrogen) atoms. The van der Waals surface area contributed by atoms with Gasteiger partial charge < -0.3 is 19.6 Å². The van der Waals surface area contributed by atoms with Crippen LogP contribution in [0.5, 0.6) is 0 Å². The number of benzene rings is 1. The summed E-state index contributed by atoms with van der Waals surface area (Å²) < 4.78 is 5.26. The fraction of sp³-hybridized carbons (Fsp3) is 0.500. The van der Waals surface area contributed by atoms with Crippen LogP contribution < -0.4 is 0 Å². The molecule has 1 heterocycles. The minimum Gasteiger partial charge on any atom is -0.445 e. The number of carbonyl (C=O) groups is 1. The third-order valence-corrected chi connectivity index (χ3v) is 3.17. The summed E-state index contributed by atoms with van der Waals surface area (Å²) in [6.07, 6.45) is -0.880. The summed E-state index contributed by atoms with van der Waals surface area (Å²) in [7, 11) is 1.93. The molecule has 1 saturated heterocycles. The molecular weight excluding hydrogens is 244 g/mol. The van der Waals surface area contributed by atoms with Crippen LogP contribution in [0, 0.1) is 0 Å². The highest BCUT2D eigenvalue weighted by Crippen LogP contribution is 2.07. The van der Waals surface area contributed by atoms with E-state index in [1.165, 1.54) is 0 Å². The fourth-order valence-corrected chi connectivity index (χ4v) is 2.12. The molecule has 1 aromatic rings. The van der Waals surface area contributed by atoms with E-state index in [2.05, 4.69) is 0 Å². The first-order valence-corrected chi connectivity index (χ1v) is 6.47. The zero-order valence-corrected chi connectivity index (χ0v) is 11.2. The standard InChI is InChI=1S/C14H20N2O3/c1-15-7-8-16(10-13(17)9-15)14(18)19-11-12-5-3-2-4-6-12/h2-6,13,17H,7-11H2,1H3. The largest absolute Gasteiger partial charge is 0.445 e. The molecule has 104 valence electrons. The molecule has 0 aromatic heterocycles. The second-order valence-electron chi connectivity index (χ2n) is 4.90. The Morgan fingerprint density at radius 2 is 2.05 bits per heavy atom. The average molecular weight is 264 g/mol. The topological polar surface area (TPSA) is 53.0 Å². The normalized spacial score (nSPS) is 20.9. The number of ether oxygens (including phenoxy) is 1. The molecule has 0 radical (unpaired) electrons. The fourth-order valence-electron chi connectivity index (χ4n) is 2.12. The van der Waals surface area contributed by atoms with Crippen molar-refractivity contribution in [3.8, 4) is 0 Å². The number of carbonyl (C=O) groups excluding carboxylic acids is 1. The van der Waals surface area contributed by atoms with Crippen molar-refractivity contribution in [3.05, 3.63) is 35.9 Å². The minimum absolute atomic E-state index is 0.266. The van der Waals surface area contributed by atoms with Crippen LogP contribution in [-0.2, 0) is 11.3 Å². The summed E-state index contributed by atoms with van der Waals surface area (Å²) in [5.74, 6) is 0. The maximum atomic E-state index is 12.0. The van der Waals surface area contributed by atoms with Crippen LogP contribution >= 0.6 is 0 Å². The van der Waals surface area contributed by atoms with Gasteiger partial charge in [-0.2, -0.15) is 0 Å². The summed E-state index contributed by atoms with van der Waals surface area (Å²) in [6, 6.07) is 9.57. The van der Waals surface area contributed by atoms with Gasteiger partial charge in [-0.3, -0.25) is 0 Å². The van der Waals surface area contributed by atoms with Gasteiger partial charge in [0.25, 0.3) is 0 Å². The number of likely N-dealkylation sites (N-methyl/N-ethyl adjacent to an activating group) is 1. The van der Waals surface area contributed by atoms with E-state index >= 15 is 0 Å². The molecule has 5 heteroatoms. The Labute approximate surface area is 113 Å². The van der Waals surface area contributed by atoms with Crippen LogP contribution in [-0.4, -0.2) is 60.3 Å². The summed E-state index contributed by atoms with van der Waals surface area (Å²) in [5.41, 5.74) is 0.961.